The van der Waals surface area contributed by atoms with E-state index in [2.05, 4.69) is 15.5 Å². The van der Waals surface area contributed by atoms with Crippen molar-refractivity contribution in [2.75, 3.05) is 5.43 Å². The van der Waals surface area contributed by atoms with Crippen molar-refractivity contribution in [3.8, 4) is 0 Å². The molecule has 3 nitrogen and oxygen atoms in total. The number of rotatable bonds is 2. The third-order valence-corrected chi connectivity index (χ3v) is 4.36. The zero-order valence-corrected chi connectivity index (χ0v) is 10.8. The highest BCUT2D eigenvalue weighted by molar-refractivity contribution is 5.86. The van der Waals surface area contributed by atoms with Crippen molar-refractivity contribution in [1.29, 1.82) is 0 Å². The second kappa shape index (κ2) is 5.51. The highest BCUT2D eigenvalue weighted by Crippen LogP contribution is 2.39. The summed E-state index contributed by atoms with van der Waals surface area (Å²) in [5, 5.41) is 4.55. The van der Waals surface area contributed by atoms with Gasteiger partial charge in [-0.05, 0) is 49.7 Å². The monoisotopic (exact) mass is 243 g/mol. The van der Waals surface area contributed by atoms with E-state index in [1.165, 1.54) is 50.7 Å². The van der Waals surface area contributed by atoms with Gasteiger partial charge >= 0.3 is 0 Å². The molecule has 2 aliphatic carbocycles. The van der Waals surface area contributed by atoms with E-state index in [1.807, 2.05) is 18.2 Å². The summed E-state index contributed by atoms with van der Waals surface area (Å²) >= 11 is 0. The summed E-state index contributed by atoms with van der Waals surface area (Å²) in [7, 11) is 0. The smallest absolute Gasteiger partial charge is 0.146 e. The Labute approximate surface area is 109 Å². The van der Waals surface area contributed by atoms with Crippen LogP contribution in [0.15, 0.2) is 29.5 Å². The van der Waals surface area contributed by atoms with Crippen LogP contribution in [0.2, 0.25) is 0 Å². The summed E-state index contributed by atoms with van der Waals surface area (Å²) in [6, 6.07) is 5.86. The Hall–Kier alpha value is -1.38. The maximum atomic E-state index is 4.55. The molecule has 1 aromatic heterocycles. The highest BCUT2D eigenvalue weighted by Gasteiger charge is 2.30. The molecule has 18 heavy (non-hydrogen) atoms. The molecule has 0 aromatic carbocycles. The maximum absolute atomic E-state index is 4.55. The lowest BCUT2D eigenvalue weighted by Crippen LogP contribution is -2.28. The van der Waals surface area contributed by atoms with Crippen LogP contribution in [0.1, 0.15) is 44.9 Å². The Morgan fingerprint density at radius 2 is 2.00 bits per heavy atom. The van der Waals surface area contributed by atoms with Crippen LogP contribution in [0.3, 0.4) is 0 Å². The van der Waals surface area contributed by atoms with E-state index in [0.29, 0.717) is 0 Å². The molecule has 3 rings (SSSR count). The van der Waals surface area contributed by atoms with Gasteiger partial charge in [0.25, 0.3) is 0 Å². The van der Waals surface area contributed by atoms with Gasteiger partial charge in [0.15, 0.2) is 0 Å². The fourth-order valence-corrected chi connectivity index (χ4v) is 3.36. The summed E-state index contributed by atoms with van der Waals surface area (Å²) in [6.45, 7) is 0. The van der Waals surface area contributed by atoms with E-state index >= 15 is 0 Å². The normalized spacial score (nSPS) is 29.9. The van der Waals surface area contributed by atoms with Crippen LogP contribution >= 0.6 is 0 Å². The number of hydrogen-bond acceptors (Lipinski definition) is 3. The molecule has 0 radical (unpaired) electrons. The van der Waals surface area contributed by atoms with Crippen LogP contribution in [0, 0.1) is 11.8 Å². The van der Waals surface area contributed by atoms with E-state index in [1.54, 1.807) is 6.20 Å². The molecule has 1 heterocycles. The van der Waals surface area contributed by atoms with Crippen molar-refractivity contribution in [3.63, 3.8) is 0 Å². The summed E-state index contributed by atoms with van der Waals surface area (Å²) in [5.41, 5.74) is 4.42. The average molecular weight is 243 g/mol. The Balaban J connectivity index is 1.60. The number of anilines is 1. The average Bonchev–Trinajstić information content (AvgIpc) is 2.46. The van der Waals surface area contributed by atoms with Crippen molar-refractivity contribution in [2.24, 2.45) is 16.9 Å². The number of aromatic nitrogens is 1. The molecule has 2 atom stereocenters. The minimum Gasteiger partial charge on any atom is -0.261 e. The van der Waals surface area contributed by atoms with Gasteiger partial charge in [-0.25, -0.2) is 4.98 Å². The third kappa shape index (κ3) is 2.71. The minimum absolute atomic E-state index is 0.843. The quantitative estimate of drug-likeness (QED) is 0.801. The van der Waals surface area contributed by atoms with Crippen LogP contribution in [0.4, 0.5) is 5.82 Å². The lowest BCUT2D eigenvalue weighted by Gasteiger charge is -2.35. The van der Waals surface area contributed by atoms with Crippen molar-refractivity contribution >= 4 is 11.5 Å². The zero-order valence-electron chi connectivity index (χ0n) is 10.8. The second-order valence-electron chi connectivity index (χ2n) is 5.55. The molecular formula is C15H21N3. The Kier molecular flexibility index (Phi) is 3.58. The number of hydrazone groups is 1. The lowest BCUT2D eigenvalue weighted by atomic mass is 9.70. The highest BCUT2D eigenvalue weighted by atomic mass is 15.3. The van der Waals surface area contributed by atoms with E-state index in [4.69, 9.17) is 0 Å². The van der Waals surface area contributed by atoms with Gasteiger partial charge in [-0.1, -0.05) is 25.3 Å². The Bertz CT molecular complexity index is 413. The van der Waals surface area contributed by atoms with Crippen molar-refractivity contribution < 1.29 is 0 Å². The van der Waals surface area contributed by atoms with Gasteiger partial charge < -0.3 is 0 Å². The van der Waals surface area contributed by atoms with Gasteiger partial charge in [-0.15, -0.1) is 0 Å². The molecule has 2 fully saturated rings. The fraction of sp³-hybridized carbons (Fsp3) is 0.600. The SMILES string of the molecule is c1ccc(N/N=C2\CC[C@H]3CCCC[C@@H]3C2)nc1. The van der Waals surface area contributed by atoms with Crippen LogP contribution in [-0.2, 0) is 0 Å². The van der Waals surface area contributed by atoms with Crippen LogP contribution in [0.5, 0.6) is 0 Å². The number of nitrogens with one attached hydrogen (secondary N) is 1. The third-order valence-electron chi connectivity index (χ3n) is 4.36. The van der Waals surface area contributed by atoms with Crippen LogP contribution in [0.25, 0.3) is 0 Å². The van der Waals surface area contributed by atoms with Gasteiger partial charge in [0.2, 0.25) is 0 Å². The van der Waals surface area contributed by atoms with Crippen molar-refractivity contribution in [1.82, 2.24) is 4.98 Å². The van der Waals surface area contributed by atoms with Crippen LogP contribution < -0.4 is 5.43 Å². The molecule has 0 saturated heterocycles. The lowest BCUT2D eigenvalue weighted by molar-refractivity contribution is 0.218. The molecule has 96 valence electrons. The largest absolute Gasteiger partial charge is 0.261 e. The number of hydrogen-bond donors (Lipinski definition) is 1. The summed E-state index contributed by atoms with van der Waals surface area (Å²) in [4.78, 5) is 4.23. The molecular weight excluding hydrogens is 222 g/mol. The van der Waals surface area contributed by atoms with Crippen LogP contribution in [-0.4, -0.2) is 10.7 Å². The molecule has 0 spiro atoms. The molecule has 0 bridgehead atoms. The topological polar surface area (TPSA) is 37.3 Å². The van der Waals surface area contributed by atoms with Gasteiger partial charge in [-0.2, -0.15) is 5.10 Å². The molecule has 3 heteroatoms. The molecule has 0 amide bonds. The van der Waals surface area contributed by atoms with E-state index in [0.717, 1.165) is 17.7 Å². The first-order valence-corrected chi connectivity index (χ1v) is 7.14. The summed E-state index contributed by atoms with van der Waals surface area (Å²) in [6.07, 6.45) is 11.2. The molecule has 1 aromatic rings. The van der Waals surface area contributed by atoms with E-state index in [-0.39, 0.29) is 0 Å². The summed E-state index contributed by atoms with van der Waals surface area (Å²) < 4.78 is 0. The predicted octanol–water partition coefficient (Wildman–Crippen LogP) is 3.84. The van der Waals surface area contributed by atoms with Crippen molar-refractivity contribution in [2.45, 2.75) is 44.9 Å². The molecule has 0 unspecified atom stereocenters. The van der Waals surface area contributed by atoms with Gasteiger partial charge in [-0.3, -0.25) is 5.43 Å². The number of fused-ring (bicyclic) bond motifs is 1. The van der Waals surface area contributed by atoms with E-state index < -0.39 is 0 Å². The Morgan fingerprint density at radius 3 is 2.83 bits per heavy atom. The van der Waals surface area contributed by atoms with Gasteiger partial charge in [0, 0.05) is 11.9 Å². The van der Waals surface area contributed by atoms with Crippen molar-refractivity contribution in [3.05, 3.63) is 24.4 Å². The van der Waals surface area contributed by atoms with Gasteiger partial charge in [0.1, 0.15) is 5.82 Å². The first kappa shape index (κ1) is 11.7. The summed E-state index contributed by atoms with van der Waals surface area (Å²) in [5.74, 6) is 2.72. The number of pyridine rings is 1. The number of nitrogens with zero attached hydrogens (tertiary/aromatic N) is 2. The zero-order chi connectivity index (χ0) is 12.2. The fourth-order valence-electron chi connectivity index (χ4n) is 3.36. The molecule has 2 saturated carbocycles. The standard InChI is InChI=1S/C15H21N3/c1-2-6-13-11-14(9-8-12(13)5-1)17-18-15-7-3-4-10-16-15/h3-4,7,10,12-13H,1-2,5-6,8-9,11H2,(H,16,18)/b17-14+/t12-,13-/m1/s1. The maximum Gasteiger partial charge on any atom is 0.146 e. The first-order chi connectivity index (χ1) is 8.92. The molecule has 0 aliphatic heterocycles. The van der Waals surface area contributed by atoms with Gasteiger partial charge in [0.05, 0.1) is 0 Å². The second-order valence-corrected chi connectivity index (χ2v) is 5.55. The first-order valence-electron chi connectivity index (χ1n) is 7.14. The van der Waals surface area contributed by atoms with E-state index in [9.17, 15) is 0 Å². The molecule has 2 aliphatic rings. The predicted molar refractivity (Wildman–Crippen MR) is 74.6 cm³/mol. The Morgan fingerprint density at radius 1 is 1.11 bits per heavy atom. The molecule has 1 N–H and O–H groups in total. The minimum atomic E-state index is 0.843.